The highest BCUT2D eigenvalue weighted by Gasteiger charge is 2.14. The van der Waals surface area contributed by atoms with Crippen molar-refractivity contribution in [2.45, 2.75) is 59.5 Å². The van der Waals surface area contributed by atoms with E-state index >= 15 is 0 Å². The molecule has 0 aliphatic carbocycles. The van der Waals surface area contributed by atoms with E-state index in [0.717, 1.165) is 6.42 Å². The molecule has 0 aromatic heterocycles. The van der Waals surface area contributed by atoms with E-state index in [1.807, 2.05) is 13.8 Å². The molecule has 0 bridgehead atoms. The Bertz CT molecular complexity index is 154. The van der Waals surface area contributed by atoms with Crippen LogP contribution in [0.4, 0.5) is 0 Å². The van der Waals surface area contributed by atoms with Crippen molar-refractivity contribution in [3.63, 3.8) is 0 Å². The van der Waals surface area contributed by atoms with Crippen LogP contribution in [0, 0.1) is 5.92 Å². The van der Waals surface area contributed by atoms with E-state index in [1.165, 1.54) is 0 Å². The summed E-state index contributed by atoms with van der Waals surface area (Å²) in [5.74, 6) is 0.573. The normalized spacial score (nSPS) is 15.8. The molecule has 1 N–H and O–H groups in total. The van der Waals surface area contributed by atoms with Crippen LogP contribution in [-0.2, 0) is 4.79 Å². The Kier molecular flexibility index (Phi) is 5.97. The first-order chi connectivity index (χ1) is 5.97. The van der Waals surface area contributed by atoms with Gasteiger partial charge >= 0.3 is 0 Å². The SMILES string of the molecule is CCC(=O)C(C)CC(C)NC(C)C. The van der Waals surface area contributed by atoms with Crippen molar-refractivity contribution in [3.05, 3.63) is 0 Å². The Balaban J connectivity index is 3.77. The van der Waals surface area contributed by atoms with Crippen molar-refractivity contribution in [3.8, 4) is 0 Å². The molecule has 13 heavy (non-hydrogen) atoms. The molecule has 78 valence electrons. The zero-order chi connectivity index (χ0) is 10.4. The van der Waals surface area contributed by atoms with Crippen molar-refractivity contribution in [2.75, 3.05) is 0 Å². The van der Waals surface area contributed by atoms with Crippen LogP contribution in [0.15, 0.2) is 0 Å². The number of hydrogen-bond donors (Lipinski definition) is 1. The van der Waals surface area contributed by atoms with E-state index < -0.39 is 0 Å². The van der Waals surface area contributed by atoms with Gasteiger partial charge in [0.2, 0.25) is 0 Å². The smallest absolute Gasteiger partial charge is 0.135 e. The summed E-state index contributed by atoms with van der Waals surface area (Å²) >= 11 is 0. The van der Waals surface area contributed by atoms with Crippen LogP contribution in [0.1, 0.15) is 47.5 Å². The Labute approximate surface area is 82.1 Å². The summed E-state index contributed by atoms with van der Waals surface area (Å²) in [7, 11) is 0. The molecule has 2 atom stereocenters. The highest BCUT2D eigenvalue weighted by atomic mass is 16.1. The van der Waals surface area contributed by atoms with Gasteiger partial charge in [-0.1, -0.05) is 27.7 Å². The monoisotopic (exact) mass is 185 g/mol. The lowest BCUT2D eigenvalue weighted by Gasteiger charge is -2.19. The maximum absolute atomic E-state index is 11.3. The van der Waals surface area contributed by atoms with Gasteiger partial charge in [0.15, 0.2) is 0 Å². The molecule has 0 heterocycles. The van der Waals surface area contributed by atoms with Crippen LogP contribution in [0.5, 0.6) is 0 Å². The molecular formula is C11H23NO. The molecule has 0 aliphatic rings. The first-order valence-corrected chi connectivity index (χ1v) is 5.26. The summed E-state index contributed by atoms with van der Waals surface area (Å²) in [5.41, 5.74) is 0. The first kappa shape index (κ1) is 12.6. The van der Waals surface area contributed by atoms with E-state index in [2.05, 4.69) is 26.1 Å². The van der Waals surface area contributed by atoms with Crippen LogP contribution < -0.4 is 5.32 Å². The number of carbonyl (C=O) groups excluding carboxylic acids is 1. The van der Waals surface area contributed by atoms with Gasteiger partial charge in [0.25, 0.3) is 0 Å². The second-order valence-corrected chi connectivity index (χ2v) is 4.18. The summed E-state index contributed by atoms with van der Waals surface area (Å²) in [4.78, 5) is 11.3. The van der Waals surface area contributed by atoms with Gasteiger partial charge in [-0.2, -0.15) is 0 Å². The van der Waals surface area contributed by atoms with Crippen molar-refractivity contribution < 1.29 is 4.79 Å². The standard InChI is InChI=1S/C11H23NO/c1-6-11(13)9(4)7-10(5)12-8(2)3/h8-10,12H,6-7H2,1-5H3. The number of Topliss-reactive ketones (excluding diaryl/α,β-unsaturated/α-hetero) is 1. The highest BCUT2D eigenvalue weighted by Crippen LogP contribution is 2.09. The minimum atomic E-state index is 0.200. The van der Waals surface area contributed by atoms with Gasteiger partial charge in [-0.3, -0.25) is 4.79 Å². The zero-order valence-corrected chi connectivity index (χ0v) is 9.55. The number of ketones is 1. The van der Waals surface area contributed by atoms with Crippen LogP contribution >= 0.6 is 0 Å². The minimum Gasteiger partial charge on any atom is -0.312 e. The fourth-order valence-electron chi connectivity index (χ4n) is 1.65. The van der Waals surface area contributed by atoms with E-state index in [1.54, 1.807) is 0 Å². The first-order valence-electron chi connectivity index (χ1n) is 5.26. The maximum atomic E-state index is 11.3. The van der Waals surface area contributed by atoms with Gasteiger partial charge in [0, 0.05) is 24.4 Å². The van der Waals surface area contributed by atoms with E-state index in [4.69, 9.17) is 0 Å². The lowest BCUT2D eigenvalue weighted by atomic mass is 9.96. The lowest BCUT2D eigenvalue weighted by molar-refractivity contribution is -0.122. The molecule has 2 unspecified atom stereocenters. The third kappa shape index (κ3) is 5.81. The summed E-state index contributed by atoms with van der Waals surface area (Å²) < 4.78 is 0. The van der Waals surface area contributed by atoms with Crippen LogP contribution in [0.3, 0.4) is 0 Å². The molecule has 0 saturated heterocycles. The van der Waals surface area contributed by atoms with Gasteiger partial charge in [0.05, 0.1) is 0 Å². The third-order valence-corrected chi connectivity index (χ3v) is 2.22. The fourth-order valence-corrected chi connectivity index (χ4v) is 1.65. The summed E-state index contributed by atoms with van der Waals surface area (Å²) in [6, 6.07) is 0.935. The number of rotatable bonds is 6. The summed E-state index contributed by atoms with van der Waals surface area (Å²) in [6.07, 6.45) is 1.61. The molecule has 0 radical (unpaired) electrons. The van der Waals surface area contributed by atoms with Crippen LogP contribution in [-0.4, -0.2) is 17.9 Å². The number of nitrogens with one attached hydrogen (secondary N) is 1. The molecule has 0 saturated carbocycles. The zero-order valence-electron chi connectivity index (χ0n) is 9.55. The Hall–Kier alpha value is -0.370. The van der Waals surface area contributed by atoms with Crippen LogP contribution in [0.2, 0.25) is 0 Å². The average Bonchev–Trinajstić information content (AvgIpc) is 2.01. The van der Waals surface area contributed by atoms with E-state index in [0.29, 0.717) is 24.3 Å². The van der Waals surface area contributed by atoms with Crippen molar-refractivity contribution in [1.29, 1.82) is 0 Å². The van der Waals surface area contributed by atoms with Gasteiger partial charge in [-0.25, -0.2) is 0 Å². The van der Waals surface area contributed by atoms with Crippen molar-refractivity contribution in [1.82, 2.24) is 5.32 Å². The average molecular weight is 185 g/mol. The van der Waals surface area contributed by atoms with Gasteiger partial charge in [-0.05, 0) is 13.3 Å². The molecule has 0 aromatic rings. The topological polar surface area (TPSA) is 29.1 Å². The molecule has 2 heteroatoms. The summed E-state index contributed by atoms with van der Waals surface area (Å²) in [5, 5.41) is 3.40. The van der Waals surface area contributed by atoms with Crippen LogP contribution in [0.25, 0.3) is 0 Å². The fraction of sp³-hybridized carbons (Fsp3) is 0.909. The van der Waals surface area contributed by atoms with Crippen molar-refractivity contribution in [2.24, 2.45) is 5.92 Å². The number of carbonyl (C=O) groups is 1. The number of hydrogen-bond acceptors (Lipinski definition) is 2. The predicted octanol–water partition coefficient (Wildman–Crippen LogP) is 2.38. The highest BCUT2D eigenvalue weighted by molar-refractivity contribution is 5.80. The molecule has 0 aliphatic heterocycles. The third-order valence-electron chi connectivity index (χ3n) is 2.22. The molecule has 0 fully saturated rings. The minimum absolute atomic E-state index is 0.200. The second kappa shape index (κ2) is 6.14. The largest absolute Gasteiger partial charge is 0.312 e. The van der Waals surface area contributed by atoms with E-state index in [9.17, 15) is 4.79 Å². The van der Waals surface area contributed by atoms with Gasteiger partial charge in [-0.15, -0.1) is 0 Å². The quantitative estimate of drug-likeness (QED) is 0.688. The second-order valence-electron chi connectivity index (χ2n) is 4.18. The van der Waals surface area contributed by atoms with Gasteiger partial charge in [0.1, 0.15) is 5.78 Å². The van der Waals surface area contributed by atoms with Crippen molar-refractivity contribution >= 4 is 5.78 Å². The molecule has 0 amide bonds. The Morgan fingerprint density at radius 1 is 1.23 bits per heavy atom. The van der Waals surface area contributed by atoms with Gasteiger partial charge < -0.3 is 5.32 Å². The predicted molar refractivity (Wildman–Crippen MR) is 56.8 cm³/mol. The maximum Gasteiger partial charge on any atom is 0.135 e. The molecule has 2 nitrogen and oxygen atoms in total. The molecule has 0 aromatic carbocycles. The molecule has 0 rings (SSSR count). The Morgan fingerprint density at radius 3 is 2.15 bits per heavy atom. The van der Waals surface area contributed by atoms with E-state index in [-0.39, 0.29) is 5.92 Å². The molecule has 0 spiro atoms. The summed E-state index contributed by atoms with van der Waals surface area (Å²) in [6.45, 7) is 10.3. The Morgan fingerprint density at radius 2 is 1.77 bits per heavy atom. The lowest BCUT2D eigenvalue weighted by Crippen LogP contribution is -2.34. The molecular weight excluding hydrogens is 162 g/mol.